The number of benzene rings is 2. The Morgan fingerprint density at radius 1 is 1.00 bits per heavy atom. The summed E-state index contributed by atoms with van der Waals surface area (Å²) in [6.07, 6.45) is 0. The highest BCUT2D eigenvalue weighted by molar-refractivity contribution is 6.31. The van der Waals surface area contributed by atoms with E-state index in [2.05, 4.69) is 22.3 Å². The van der Waals surface area contributed by atoms with Gasteiger partial charge in [-0.25, -0.2) is 0 Å². The Bertz CT molecular complexity index is 597. The van der Waals surface area contributed by atoms with Gasteiger partial charge in [-0.1, -0.05) is 41.9 Å². The molecular weight excluding hydrogens is 284 g/mol. The number of nitrogens with zero attached hydrogens (tertiary/aromatic N) is 1. The van der Waals surface area contributed by atoms with Crippen LogP contribution in [0.1, 0.15) is 5.56 Å². The van der Waals surface area contributed by atoms with Crippen LogP contribution in [-0.2, 0) is 6.61 Å². The summed E-state index contributed by atoms with van der Waals surface area (Å²) in [4.78, 5) is 2.36. The summed E-state index contributed by atoms with van der Waals surface area (Å²) in [7, 11) is 0. The molecule has 4 heteroatoms. The molecule has 21 heavy (non-hydrogen) atoms. The van der Waals surface area contributed by atoms with Crippen molar-refractivity contribution in [1.29, 1.82) is 0 Å². The Morgan fingerprint density at radius 3 is 2.52 bits per heavy atom. The zero-order valence-electron chi connectivity index (χ0n) is 11.9. The molecule has 110 valence electrons. The lowest BCUT2D eigenvalue weighted by molar-refractivity contribution is 0.306. The number of nitrogens with one attached hydrogen (secondary N) is 1. The summed E-state index contributed by atoms with van der Waals surface area (Å²) in [6, 6.07) is 16.0. The van der Waals surface area contributed by atoms with Gasteiger partial charge in [0.1, 0.15) is 12.4 Å². The van der Waals surface area contributed by atoms with Crippen molar-refractivity contribution in [3.63, 3.8) is 0 Å². The minimum absolute atomic E-state index is 0.489. The highest BCUT2D eigenvalue weighted by Crippen LogP contribution is 2.29. The monoisotopic (exact) mass is 302 g/mol. The summed E-state index contributed by atoms with van der Waals surface area (Å²) in [5.74, 6) is 0.916. The molecule has 0 aliphatic carbocycles. The highest BCUT2D eigenvalue weighted by Gasteiger charge is 2.14. The quantitative estimate of drug-likeness (QED) is 0.937. The van der Waals surface area contributed by atoms with E-state index < -0.39 is 0 Å². The molecule has 0 amide bonds. The molecule has 0 unspecified atom stereocenters. The van der Waals surface area contributed by atoms with Gasteiger partial charge in [0, 0.05) is 36.8 Å². The number of anilines is 1. The number of para-hydroxylation sites is 2. The fourth-order valence-corrected chi connectivity index (χ4v) is 2.71. The number of hydrogen-bond acceptors (Lipinski definition) is 3. The summed E-state index contributed by atoms with van der Waals surface area (Å²) >= 11 is 6.18. The van der Waals surface area contributed by atoms with Crippen molar-refractivity contribution in [1.82, 2.24) is 5.32 Å². The lowest BCUT2D eigenvalue weighted by atomic mass is 10.2. The van der Waals surface area contributed by atoms with Gasteiger partial charge in [-0.05, 0) is 18.2 Å². The van der Waals surface area contributed by atoms with Gasteiger partial charge in [0.2, 0.25) is 0 Å². The van der Waals surface area contributed by atoms with E-state index in [9.17, 15) is 0 Å². The van der Waals surface area contributed by atoms with Crippen LogP contribution in [0.4, 0.5) is 5.69 Å². The van der Waals surface area contributed by atoms with E-state index in [4.69, 9.17) is 16.3 Å². The summed E-state index contributed by atoms with van der Waals surface area (Å²) in [6.45, 7) is 4.53. The van der Waals surface area contributed by atoms with Crippen LogP contribution in [0.15, 0.2) is 48.5 Å². The fraction of sp³-hybridized carbons (Fsp3) is 0.294. The van der Waals surface area contributed by atoms with Crippen LogP contribution in [0.5, 0.6) is 5.75 Å². The first-order valence-corrected chi connectivity index (χ1v) is 7.63. The van der Waals surface area contributed by atoms with Gasteiger partial charge in [0.25, 0.3) is 0 Å². The van der Waals surface area contributed by atoms with Gasteiger partial charge in [-0.3, -0.25) is 0 Å². The van der Waals surface area contributed by atoms with Crippen molar-refractivity contribution in [2.24, 2.45) is 0 Å². The van der Waals surface area contributed by atoms with Gasteiger partial charge in [0.05, 0.1) is 5.69 Å². The SMILES string of the molecule is Clc1ccccc1COc1ccccc1N1CCNCC1. The van der Waals surface area contributed by atoms with Crippen LogP contribution in [0.3, 0.4) is 0 Å². The first kappa shape index (κ1) is 14.2. The lowest BCUT2D eigenvalue weighted by Gasteiger charge is -2.30. The molecule has 1 heterocycles. The van der Waals surface area contributed by atoms with Gasteiger partial charge >= 0.3 is 0 Å². The molecule has 1 N–H and O–H groups in total. The second-order valence-electron chi connectivity index (χ2n) is 5.08. The Balaban J connectivity index is 1.74. The van der Waals surface area contributed by atoms with Crippen LogP contribution in [0, 0.1) is 0 Å². The number of piperazine rings is 1. The van der Waals surface area contributed by atoms with Gasteiger partial charge in [0.15, 0.2) is 0 Å². The molecular formula is C17H19ClN2O. The van der Waals surface area contributed by atoms with E-state index in [-0.39, 0.29) is 0 Å². The number of hydrogen-bond donors (Lipinski definition) is 1. The third-order valence-corrected chi connectivity index (χ3v) is 4.03. The molecule has 2 aromatic carbocycles. The Morgan fingerprint density at radius 2 is 1.71 bits per heavy atom. The van der Waals surface area contributed by atoms with E-state index >= 15 is 0 Å². The predicted molar refractivity (Wildman–Crippen MR) is 87.3 cm³/mol. The van der Waals surface area contributed by atoms with E-state index in [1.54, 1.807) is 0 Å². The van der Waals surface area contributed by atoms with E-state index in [0.717, 1.165) is 48.2 Å². The minimum atomic E-state index is 0.489. The van der Waals surface area contributed by atoms with Crippen molar-refractivity contribution in [2.45, 2.75) is 6.61 Å². The fourth-order valence-electron chi connectivity index (χ4n) is 2.52. The highest BCUT2D eigenvalue weighted by atomic mass is 35.5. The van der Waals surface area contributed by atoms with Crippen LogP contribution < -0.4 is 15.0 Å². The maximum absolute atomic E-state index is 6.18. The van der Waals surface area contributed by atoms with Crippen molar-refractivity contribution in [3.8, 4) is 5.75 Å². The molecule has 1 aliphatic rings. The molecule has 0 atom stereocenters. The molecule has 0 saturated carbocycles. The average molecular weight is 303 g/mol. The zero-order valence-corrected chi connectivity index (χ0v) is 12.6. The molecule has 1 saturated heterocycles. The lowest BCUT2D eigenvalue weighted by Crippen LogP contribution is -2.43. The van der Waals surface area contributed by atoms with Crippen LogP contribution >= 0.6 is 11.6 Å². The summed E-state index contributed by atoms with van der Waals surface area (Å²) < 4.78 is 6.01. The summed E-state index contributed by atoms with van der Waals surface area (Å²) in [5.41, 5.74) is 2.17. The normalized spacial score (nSPS) is 15.0. The first-order chi connectivity index (χ1) is 10.3. The molecule has 1 aliphatic heterocycles. The summed E-state index contributed by atoms with van der Waals surface area (Å²) in [5, 5.41) is 4.12. The predicted octanol–water partition coefficient (Wildman–Crippen LogP) is 3.33. The van der Waals surface area contributed by atoms with E-state index in [1.165, 1.54) is 0 Å². The number of rotatable bonds is 4. The van der Waals surface area contributed by atoms with Crippen molar-refractivity contribution >= 4 is 17.3 Å². The molecule has 0 radical (unpaired) electrons. The minimum Gasteiger partial charge on any atom is -0.487 e. The first-order valence-electron chi connectivity index (χ1n) is 7.25. The largest absolute Gasteiger partial charge is 0.487 e. The maximum atomic E-state index is 6.18. The third kappa shape index (κ3) is 3.49. The van der Waals surface area contributed by atoms with Crippen molar-refractivity contribution < 1.29 is 4.74 Å². The van der Waals surface area contributed by atoms with Crippen molar-refractivity contribution in [3.05, 3.63) is 59.1 Å². The number of halogens is 1. The maximum Gasteiger partial charge on any atom is 0.143 e. The van der Waals surface area contributed by atoms with Crippen LogP contribution in [0.25, 0.3) is 0 Å². The van der Waals surface area contributed by atoms with Gasteiger partial charge < -0.3 is 15.0 Å². The smallest absolute Gasteiger partial charge is 0.143 e. The zero-order chi connectivity index (χ0) is 14.5. The molecule has 2 aromatic rings. The molecule has 1 fully saturated rings. The molecule has 3 rings (SSSR count). The van der Waals surface area contributed by atoms with Crippen molar-refractivity contribution in [2.75, 3.05) is 31.1 Å². The van der Waals surface area contributed by atoms with E-state index in [0.29, 0.717) is 6.61 Å². The Hall–Kier alpha value is -1.71. The van der Waals surface area contributed by atoms with Crippen LogP contribution in [0.2, 0.25) is 5.02 Å². The van der Waals surface area contributed by atoms with Gasteiger partial charge in [-0.2, -0.15) is 0 Å². The topological polar surface area (TPSA) is 24.5 Å². The third-order valence-electron chi connectivity index (χ3n) is 3.66. The molecule has 0 bridgehead atoms. The number of ether oxygens (including phenoxy) is 1. The molecule has 3 nitrogen and oxygen atoms in total. The average Bonchev–Trinajstić information content (AvgIpc) is 2.55. The van der Waals surface area contributed by atoms with Crippen LogP contribution in [-0.4, -0.2) is 26.2 Å². The second kappa shape index (κ2) is 6.83. The standard InChI is InChI=1S/C17H19ClN2O/c18-15-6-2-1-5-14(15)13-21-17-8-4-3-7-16(17)20-11-9-19-10-12-20/h1-8,19H,9-13H2. The molecule has 0 spiro atoms. The van der Waals surface area contributed by atoms with E-state index in [1.807, 2.05) is 36.4 Å². The Labute approximate surface area is 130 Å². The van der Waals surface area contributed by atoms with Gasteiger partial charge in [-0.15, -0.1) is 0 Å². The molecule has 0 aromatic heterocycles. The second-order valence-corrected chi connectivity index (χ2v) is 5.49. The Kier molecular flexibility index (Phi) is 4.63.